The molecule has 1 aromatic carbocycles. The standard InChI is InChI=1S/C12H14N2O3/c13-6-8-3-7-4-10-11(17-2-1-16-10)5-9(7)14-12(8)15/h4-5,8H,1-3,6,13H2,(H,14,15). The number of nitrogens with two attached hydrogens (primary N) is 1. The molecule has 0 bridgehead atoms. The van der Waals surface area contributed by atoms with E-state index in [1.54, 1.807) is 0 Å². The zero-order valence-electron chi connectivity index (χ0n) is 9.36. The molecule has 2 heterocycles. The van der Waals surface area contributed by atoms with E-state index >= 15 is 0 Å². The normalized spacial score (nSPS) is 21.7. The first-order valence-electron chi connectivity index (χ1n) is 5.71. The lowest BCUT2D eigenvalue weighted by atomic mass is 9.93. The van der Waals surface area contributed by atoms with E-state index in [-0.39, 0.29) is 11.8 Å². The lowest BCUT2D eigenvalue weighted by molar-refractivity contribution is -0.119. The van der Waals surface area contributed by atoms with Crippen molar-refractivity contribution in [3.8, 4) is 11.5 Å². The molecule has 1 aromatic rings. The van der Waals surface area contributed by atoms with Crippen molar-refractivity contribution < 1.29 is 14.3 Å². The second-order valence-corrected chi connectivity index (χ2v) is 4.28. The quantitative estimate of drug-likeness (QED) is 0.743. The van der Waals surface area contributed by atoms with Gasteiger partial charge >= 0.3 is 0 Å². The fraction of sp³-hybridized carbons (Fsp3) is 0.417. The van der Waals surface area contributed by atoms with Gasteiger partial charge in [-0.25, -0.2) is 0 Å². The first-order chi connectivity index (χ1) is 8.28. The molecular formula is C12H14N2O3. The Kier molecular flexibility index (Phi) is 2.40. The molecular weight excluding hydrogens is 220 g/mol. The van der Waals surface area contributed by atoms with E-state index in [9.17, 15) is 4.79 Å². The summed E-state index contributed by atoms with van der Waals surface area (Å²) < 4.78 is 11.0. The molecule has 17 heavy (non-hydrogen) atoms. The van der Waals surface area contributed by atoms with E-state index in [2.05, 4.69) is 5.32 Å². The predicted octanol–water partition coefficient (Wildman–Crippen LogP) is 0.527. The van der Waals surface area contributed by atoms with Crippen LogP contribution < -0.4 is 20.5 Å². The average molecular weight is 234 g/mol. The average Bonchev–Trinajstić information content (AvgIpc) is 2.35. The largest absolute Gasteiger partial charge is 0.486 e. The summed E-state index contributed by atoms with van der Waals surface area (Å²) in [5.74, 6) is 1.28. The highest BCUT2D eigenvalue weighted by atomic mass is 16.6. The summed E-state index contributed by atoms with van der Waals surface area (Å²) in [5.41, 5.74) is 7.44. The Morgan fingerprint density at radius 2 is 2.00 bits per heavy atom. The van der Waals surface area contributed by atoms with Gasteiger partial charge in [-0.1, -0.05) is 0 Å². The van der Waals surface area contributed by atoms with Crippen molar-refractivity contribution in [1.82, 2.24) is 0 Å². The van der Waals surface area contributed by atoms with Crippen molar-refractivity contribution in [3.05, 3.63) is 17.7 Å². The summed E-state index contributed by atoms with van der Waals surface area (Å²) in [4.78, 5) is 11.7. The Morgan fingerprint density at radius 1 is 1.29 bits per heavy atom. The molecule has 1 amide bonds. The van der Waals surface area contributed by atoms with Crippen molar-refractivity contribution >= 4 is 11.6 Å². The first kappa shape index (κ1) is 10.4. The third kappa shape index (κ3) is 1.72. The van der Waals surface area contributed by atoms with E-state index in [4.69, 9.17) is 15.2 Å². The number of nitrogens with one attached hydrogen (secondary N) is 1. The van der Waals surface area contributed by atoms with Gasteiger partial charge in [0.25, 0.3) is 0 Å². The van der Waals surface area contributed by atoms with Crippen LogP contribution >= 0.6 is 0 Å². The molecule has 1 atom stereocenters. The lowest BCUT2D eigenvalue weighted by Crippen LogP contribution is -2.35. The van der Waals surface area contributed by atoms with E-state index < -0.39 is 0 Å². The molecule has 2 aliphatic rings. The summed E-state index contributed by atoms with van der Waals surface area (Å²) in [6, 6.07) is 3.76. The van der Waals surface area contributed by atoms with Crippen LogP contribution in [0.5, 0.6) is 11.5 Å². The topological polar surface area (TPSA) is 73.6 Å². The molecule has 1 unspecified atom stereocenters. The summed E-state index contributed by atoms with van der Waals surface area (Å²) in [5, 5.41) is 2.86. The van der Waals surface area contributed by atoms with E-state index in [1.165, 1.54) is 0 Å². The van der Waals surface area contributed by atoms with Crippen LogP contribution in [-0.2, 0) is 11.2 Å². The van der Waals surface area contributed by atoms with Crippen LogP contribution in [0.15, 0.2) is 12.1 Å². The van der Waals surface area contributed by atoms with Crippen LogP contribution in [0.3, 0.4) is 0 Å². The summed E-state index contributed by atoms with van der Waals surface area (Å²) in [7, 11) is 0. The number of ether oxygens (including phenoxy) is 2. The maximum Gasteiger partial charge on any atom is 0.229 e. The number of carbonyl (C=O) groups excluding carboxylic acids is 1. The molecule has 0 aliphatic carbocycles. The minimum absolute atomic E-state index is 0.0170. The Balaban J connectivity index is 1.99. The van der Waals surface area contributed by atoms with Gasteiger partial charge in [0, 0.05) is 18.3 Å². The van der Waals surface area contributed by atoms with Gasteiger partial charge in [-0.15, -0.1) is 0 Å². The number of hydrogen-bond donors (Lipinski definition) is 2. The molecule has 3 rings (SSSR count). The molecule has 0 fully saturated rings. The summed E-state index contributed by atoms with van der Waals surface area (Å²) >= 11 is 0. The third-order valence-corrected chi connectivity index (χ3v) is 3.15. The lowest BCUT2D eigenvalue weighted by Gasteiger charge is -2.26. The Labute approximate surface area is 98.9 Å². The van der Waals surface area contributed by atoms with Gasteiger partial charge < -0.3 is 20.5 Å². The number of hydrogen-bond acceptors (Lipinski definition) is 4. The fourth-order valence-electron chi connectivity index (χ4n) is 2.20. The van der Waals surface area contributed by atoms with Gasteiger partial charge in [-0.3, -0.25) is 4.79 Å². The number of carbonyl (C=O) groups is 1. The number of amides is 1. The van der Waals surface area contributed by atoms with Gasteiger partial charge in [-0.05, 0) is 18.1 Å². The van der Waals surface area contributed by atoms with Crippen molar-refractivity contribution in [3.63, 3.8) is 0 Å². The zero-order chi connectivity index (χ0) is 11.8. The number of benzene rings is 1. The molecule has 5 heteroatoms. The van der Waals surface area contributed by atoms with Crippen molar-refractivity contribution in [2.75, 3.05) is 25.1 Å². The molecule has 5 nitrogen and oxygen atoms in total. The molecule has 0 saturated heterocycles. The van der Waals surface area contributed by atoms with Gasteiger partial charge in [0.1, 0.15) is 13.2 Å². The molecule has 2 aliphatic heterocycles. The van der Waals surface area contributed by atoms with Crippen LogP contribution in [0.1, 0.15) is 5.56 Å². The van der Waals surface area contributed by atoms with E-state index in [0.717, 1.165) is 17.0 Å². The maximum absolute atomic E-state index is 11.7. The van der Waals surface area contributed by atoms with Crippen LogP contribution in [0.2, 0.25) is 0 Å². The Hall–Kier alpha value is -1.75. The van der Waals surface area contributed by atoms with Crippen LogP contribution in [0, 0.1) is 5.92 Å². The van der Waals surface area contributed by atoms with Crippen LogP contribution in [0.25, 0.3) is 0 Å². The fourth-order valence-corrected chi connectivity index (χ4v) is 2.20. The van der Waals surface area contributed by atoms with E-state index in [0.29, 0.717) is 31.9 Å². The molecule has 90 valence electrons. The number of anilines is 1. The SMILES string of the molecule is NCC1Cc2cc3c(cc2NC1=O)OCCO3. The second kappa shape index (κ2) is 3.92. The Bertz CT molecular complexity index is 473. The minimum atomic E-state index is -0.148. The van der Waals surface area contributed by atoms with Crippen LogP contribution in [-0.4, -0.2) is 25.7 Å². The minimum Gasteiger partial charge on any atom is -0.486 e. The Morgan fingerprint density at radius 3 is 2.71 bits per heavy atom. The highest BCUT2D eigenvalue weighted by molar-refractivity contribution is 5.96. The smallest absolute Gasteiger partial charge is 0.229 e. The van der Waals surface area contributed by atoms with E-state index in [1.807, 2.05) is 12.1 Å². The van der Waals surface area contributed by atoms with Gasteiger partial charge in [-0.2, -0.15) is 0 Å². The predicted molar refractivity (Wildman–Crippen MR) is 62.3 cm³/mol. The molecule has 0 saturated carbocycles. The summed E-state index contributed by atoms with van der Waals surface area (Å²) in [6.45, 7) is 1.48. The number of fused-ring (bicyclic) bond motifs is 2. The van der Waals surface area contributed by atoms with Crippen molar-refractivity contribution in [2.45, 2.75) is 6.42 Å². The van der Waals surface area contributed by atoms with Gasteiger partial charge in [0.05, 0.1) is 5.92 Å². The summed E-state index contributed by atoms with van der Waals surface area (Å²) in [6.07, 6.45) is 0.661. The monoisotopic (exact) mass is 234 g/mol. The second-order valence-electron chi connectivity index (χ2n) is 4.28. The molecule has 3 N–H and O–H groups in total. The number of rotatable bonds is 1. The highest BCUT2D eigenvalue weighted by Crippen LogP contribution is 2.38. The molecule has 0 aromatic heterocycles. The third-order valence-electron chi connectivity index (χ3n) is 3.15. The van der Waals surface area contributed by atoms with Gasteiger partial charge in [0.2, 0.25) is 5.91 Å². The van der Waals surface area contributed by atoms with Crippen LogP contribution in [0.4, 0.5) is 5.69 Å². The zero-order valence-corrected chi connectivity index (χ0v) is 9.36. The van der Waals surface area contributed by atoms with Crippen molar-refractivity contribution in [2.24, 2.45) is 11.7 Å². The molecule has 0 radical (unpaired) electrons. The van der Waals surface area contributed by atoms with Crippen molar-refractivity contribution in [1.29, 1.82) is 0 Å². The maximum atomic E-state index is 11.7. The highest BCUT2D eigenvalue weighted by Gasteiger charge is 2.27. The molecule has 0 spiro atoms. The first-order valence-corrected chi connectivity index (χ1v) is 5.71. The van der Waals surface area contributed by atoms with Gasteiger partial charge in [0.15, 0.2) is 11.5 Å².